The summed E-state index contributed by atoms with van der Waals surface area (Å²) >= 11 is 0. The van der Waals surface area contributed by atoms with Crippen molar-refractivity contribution < 1.29 is 9.84 Å². The quantitative estimate of drug-likeness (QED) is 0.914. The van der Waals surface area contributed by atoms with Gasteiger partial charge in [0.25, 0.3) is 0 Å². The molecule has 112 valence electrons. The Morgan fingerprint density at radius 1 is 1.30 bits per heavy atom. The molecule has 20 heavy (non-hydrogen) atoms. The van der Waals surface area contributed by atoms with Crippen LogP contribution in [0.25, 0.3) is 0 Å². The number of hydrogen-bond donors (Lipinski definition) is 1. The average Bonchev–Trinajstić information content (AvgIpc) is 2.78. The Kier molecular flexibility index (Phi) is 4.44. The smallest absolute Gasteiger partial charge is 0.0807 e. The van der Waals surface area contributed by atoms with E-state index < -0.39 is 0 Å². The Morgan fingerprint density at radius 3 is 2.90 bits per heavy atom. The van der Waals surface area contributed by atoms with Crippen molar-refractivity contribution in [1.29, 1.82) is 0 Å². The van der Waals surface area contributed by atoms with Gasteiger partial charge in [-0.3, -0.25) is 4.90 Å². The van der Waals surface area contributed by atoms with Gasteiger partial charge in [-0.05, 0) is 38.7 Å². The number of aryl methyl sites for hydroxylation is 1. The first-order valence-electron chi connectivity index (χ1n) is 7.93. The van der Waals surface area contributed by atoms with Gasteiger partial charge >= 0.3 is 0 Å². The lowest BCUT2D eigenvalue weighted by Gasteiger charge is -2.27. The Hall–Kier alpha value is -0.840. The van der Waals surface area contributed by atoms with E-state index in [4.69, 9.17) is 4.74 Å². The molecular weight excluding hydrogens is 252 g/mol. The van der Waals surface area contributed by atoms with Crippen LogP contribution >= 0.6 is 0 Å². The van der Waals surface area contributed by atoms with Crippen LogP contribution in [-0.2, 0) is 17.7 Å². The number of nitrogens with zero attached hydrogens (tertiary/aromatic N) is 2. The standard InChI is InChI=1S/C16H26N2O2/c1-13-12-14-15(4-2-5-16(14)19)18(13)7-3-6-17-8-10-20-11-9-17/h12,16,19H,2-11H2,1H3. The van der Waals surface area contributed by atoms with E-state index in [1.165, 1.54) is 23.4 Å². The summed E-state index contributed by atoms with van der Waals surface area (Å²) in [5.74, 6) is 0. The summed E-state index contributed by atoms with van der Waals surface area (Å²) in [5.41, 5.74) is 3.86. The molecule has 2 heterocycles. The van der Waals surface area contributed by atoms with Crippen LogP contribution in [-0.4, -0.2) is 47.4 Å². The zero-order valence-corrected chi connectivity index (χ0v) is 12.5. The van der Waals surface area contributed by atoms with Gasteiger partial charge in [0.1, 0.15) is 0 Å². The molecule has 1 aromatic rings. The molecule has 0 amide bonds. The molecule has 0 spiro atoms. The number of aromatic nitrogens is 1. The third-order valence-corrected chi connectivity index (χ3v) is 4.66. The first-order valence-corrected chi connectivity index (χ1v) is 7.93. The number of morpholine rings is 1. The second-order valence-electron chi connectivity index (χ2n) is 6.05. The van der Waals surface area contributed by atoms with Crippen molar-refractivity contribution in [3.8, 4) is 0 Å². The number of aliphatic hydroxyl groups is 1. The van der Waals surface area contributed by atoms with Gasteiger partial charge in [0.2, 0.25) is 0 Å². The summed E-state index contributed by atoms with van der Waals surface area (Å²) < 4.78 is 7.81. The van der Waals surface area contributed by atoms with Crippen molar-refractivity contribution in [2.45, 2.75) is 45.3 Å². The van der Waals surface area contributed by atoms with Crippen LogP contribution < -0.4 is 0 Å². The molecular formula is C16H26N2O2. The van der Waals surface area contributed by atoms with Crippen LogP contribution in [0.4, 0.5) is 0 Å². The lowest BCUT2D eigenvalue weighted by atomic mass is 9.95. The highest BCUT2D eigenvalue weighted by molar-refractivity contribution is 5.31. The van der Waals surface area contributed by atoms with Crippen LogP contribution in [0.15, 0.2) is 6.07 Å². The number of ether oxygens (including phenoxy) is 1. The maximum atomic E-state index is 10.1. The summed E-state index contributed by atoms with van der Waals surface area (Å²) in [6.45, 7) is 8.29. The second kappa shape index (κ2) is 6.29. The topological polar surface area (TPSA) is 37.6 Å². The van der Waals surface area contributed by atoms with Gasteiger partial charge in [-0.25, -0.2) is 0 Å². The molecule has 1 fully saturated rings. The Labute approximate surface area is 121 Å². The van der Waals surface area contributed by atoms with Crippen LogP contribution in [0.2, 0.25) is 0 Å². The maximum absolute atomic E-state index is 10.1. The number of aliphatic hydroxyl groups excluding tert-OH is 1. The molecule has 1 atom stereocenters. The summed E-state index contributed by atoms with van der Waals surface area (Å²) in [5, 5.41) is 10.1. The van der Waals surface area contributed by atoms with E-state index in [0.29, 0.717) is 0 Å². The normalized spacial score (nSPS) is 23.8. The first kappa shape index (κ1) is 14.1. The molecule has 4 nitrogen and oxygen atoms in total. The van der Waals surface area contributed by atoms with Crippen molar-refractivity contribution in [1.82, 2.24) is 9.47 Å². The minimum Gasteiger partial charge on any atom is -0.388 e. The number of rotatable bonds is 4. The Bertz CT molecular complexity index is 450. The molecule has 1 N–H and O–H groups in total. The molecule has 1 unspecified atom stereocenters. The molecule has 0 radical (unpaired) electrons. The summed E-state index contributed by atoms with van der Waals surface area (Å²) in [7, 11) is 0. The maximum Gasteiger partial charge on any atom is 0.0807 e. The first-order chi connectivity index (χ1) is 9.75. The van der Waals surface area contributed by atoms with Crippen LogP contribution in [0.5, 0.6) is 0 Å². The van der Waals surface area contributed by atoms with Crippen LogP contribution in [0.1, 0.15) is 42.3 Å². The fraction of sp³-hybridized carbons (Fsp3) is 0.750. The Balaban J connectivity index is 1.59. The molecule has 1 aromatic heterocycles. The third-order valence-electron chi connectivity index (χ3n) is 4.66. The molecule has 2 aliphatic rings. The van der Waals surface area contributed by atoms with Crippen molar-refractivity contribution in [2.24, 2.45) is 0 Å². The van der Waals surface area contributed by atoms with Crippen molar-refractivity contribution >= 4 is 0 Å². The number of fused-ring (bicyclic) bond motifs is 1. The lowest BCUT2D eigenvalue weighted by molar-refractivity contribution is 0.0369. The second-order valence-corrected chi connectivity index (χ2v) is 6.05. The molecule has 0 saturated carbocycles. The van der Waals surface area contributed by atoms with E-state index in [1.54, 1.807) is 0 Å². The van der Waals surface area contributed by atoms with E-state index in [0.717, 1.165) is 58.7 Å². The average molecular weight is 278 g/mol. The zero-order chi connectivity index (χ0) is 13.9. The summed E-state index contributed by atoms with van der Waals surface area (Å²) in [6.07, 6.45) is 4.10. The number of hydrogen-bond acceptors (Lipinski definition) is 3. The van der Waals surface area contributed by atoms with E-state index in [1.807, 2.05) is 0 Å². The Morgan fingerprint density at radius 2 is 2.10 bits per heavy atom. The molecule has 4 heteroatoms. The molecule has 1 aliphatic carbocycles. The fourth-order valence-electron chi connectivity index (χ4n) is 3.53. The van der Waals surface area contributed by atoms with Gasteiger partial charge in [-0.2, -0.15) is 0 Å². The van der Waals surface area contributed by atoms with Gasteiger partial charge in [-0.1, -0.05) is 0 Å². The molecule has 0 aromatic carbocycles. The van der Waals surface area contributed by atoms with E-state index in [9.17, 15) is 5.11 Å². The minimum absolute atomic E-state index is 0.238. The van der Waals surface area contributed by atoms with Gasteiger partial charge in [0.15, 0.2) is 0 Å². The van der Waals surface area contributed by atoms with E-state index in [2.05, 4.69) is 22.5 Å². The van der Waals surface area contributed by atoms with Crippen LogP contribution in [0.3, 0.4) is 0 Å². The third kappa shape index (κ3) is 2.92. The molecule has 1 aliphatic heterocycles. The largest absolute Gasteiger partial charge is 0.388 e. The van der Waals surface area contributed by atoms with Gasteiger partial charge in [-0.15, -0.1) is 0 Å². The van der Waals surface area contributed by atoms with Crippen LogP contribution in [0, 0.1) is 6.92 Å². The summed E-state index contributed by atoms with van der Waals surface area (Å²) in [4.78, 5) is 2.49. The van der Waals surface area contributed by atoms with Gasteiger partial charge in [0, 0.05) is 43.1 Å². The SMILES string of the molecule is Cc1cc2c(n1CCCN1CCOCC1)CCCC2O. The molecule has 1 saturated heterocycles. The highest BCUT2D eigenvalue weighted by Gasteiger charge is 2.22. The predicted molar refractivity (Wildman–Crippen MR) is 78.9 cm³/mol. The van der Waals surface area contributed by atoms with E-state index in [-0.39, 0.29) is 6.10 Å². The van der Waals surface area contributed by atoms with Crippen molar-refractivity contribution in [3.63, 3.8) is 0 Å². The van der Waals surface area contributed by atoms with E-state index >= 15 is 0 Å². The summed E-state index contributed by atoms with van der Waals surface area (Å²) in [6, 6.07) is 2.19. The van der Waals surface area contributed by atoms with Gasteiger partial charge < -0.3 is 14.4 Å². The lowest BCUT2D eigenvalue weighted by Crippen LogP contribution is -2.37. The zero-order valence-electron chi connectivity index (χ0n) is 12.5. The monoisotopic (exact) mass is 278 g/mol. The highest BCUT2D eigenvalue weighted by atomic mass is 16.5. The highest BCUT2D eigenvalue weighted by Crippen LogP contribution is 2.32. The van der Waals surface area contributed by atoms with Crippen molar-refractivity contribution in [3.05, 3.63) is 23.0 Å². The van der Waals surface area contributed by atoms with Crippen molar-refractivity contribution in [2.75, 3.05) is 32.8 Å². The minimum atomic E-state index is -0.238. The predicted octanol–water partition coefficient (Wildman–Crippen LogP) is 1.89. The fourth-order valence-corrected chi connectivity index (χ4v) is 3.53. The van der Waals surface area contributed by atoms with Gasteiger partial charge in [0.05, 0.1) is 19.3 Å². The molecule has 0 bridgehead atoms. The molecule has 3 rings (SSSR count).